The molecule has 198 valence electrons. The zero-order valence-electron chi connectivity index (χ0n) is 20.1. The zero-order valence-corrected chi connectivity index (χ0v) is 21.0. The highest BCUT2D eigenvalue weighted by Crippen LogP contribution is 2.37. The Balaban J connectivity index is 1.26. The van der Waals surface area contributed by atoms with Crippen LogP contribution in [0.2, 0.25) is 0 Å². The summed E-state index contributed by atoms with van der Waals surface area (Å²) in [7, 11) is -4.24. The lowest BCUT2D eigenvalue weighted by atomic mass is 10.0. The van der Waals surface area contributed by atoms with Gasteiger partial charge in [0.1, 0.15) is 29.2 Å². The molecule has 6 rings (SSSR count). The third kappa shape index (κ3) is 4.69. The van der Waals surface area contributed by atoms with Crippen LogP contribution >= 0.6 is 0 Å². The van der Waals surface area contributed by atoms with Crippen molar-refractivity contribution in [2.45, 2.75) is 23.8 Å². The van der Waals surface area contributed by atoms with Crippen molar-refractivity contribution in [2.24, 2.45) is 0 Å². The average molecular weight is 551 g/mol. The number of nitrogens with zero attached hydrogens (tertiary/aromatic N) is 7. The number of nitrogens with one attached hydrogen (secondary N) is 1. The zero-order chi connectivity index (χ0) is 27.1. The molecule has 0 radical (unpaired) electrons. The van der Waals surface area contributed by atoms with Crippen molar-refractivity contribution in [3.63, 3.8) is 0 Å². The molecule has 1 N–H and O–H groups in total. The Morgan fingerprint density at radius 2 is 1.85 bits per heavy atom. The number of sulfonamides is 1. The Morgan fingerprint density at radius 1 is 1.03 bits per heavy atom. The van der Waals surface area contributed by atoms with Gasteiger partial charge in [-0.25, -0.2) is 41.1 Å². The number of carbonyl (C=O) groups is 1. The topological polar surface area (TPSA) is 127 Å². The van der Waals surface area contributed by atoms with Gasteiger partial charge in [-0.05, 0) is 54.8 Å². The van der Waals surface area contributed by atoms with Crippen molar-refractivity contribution in [3.05, 3.63) is 96.5 Å². The van der Waals surface area contributed by atoms with Gasteiger partial charge in [0, 0.05) is 30.7 Å². The molecule has 1 aromatic carbocycles. The largest absolute Gasteiger partial charge is 0.364 e. The molecular formula is C25H20F2N8O3S. The number of rotatable bonds is 6. The fourth-order valence-corrected chi connectivity index (χ4v) is 5.65. The monoisotopic (exact) mass is 550 g/mol. The molecule has 1 aliphatic heterocycles. The molecule has 0 aliphatic carbocycles. The molecule has 5 aromatic rings. The Bertz CT molecular complexity index is 1770. The summed E-state index contributed by atoms with van der Waals surface area (Å²) < 4.78 is 58.5. The number of amides is 1. The minimum Gasteiger partial charge on any atom is -0.364 e. The predicted molar refractivity (Wildman–Crippen MR) is 135 cm³/mol. The van der Waals surface area contributed by atoms with Crippen molar-refractivity contribution in [2.75, 3.05) is 11.4 Å². The minimum atomic E-state index is -4.24. The van der Waals surface area contributed by atoms with Gasteiger partial charge in [-0.15, -0.1) is 0 Å². The molecule has 1 aliphatic rings. The van der Waals surface area contributed by atoms with Crippen LogP contribution in [0.3, 0.4) is 0 Å². The summed E-state index contributed by atoms with van der Waals surface area (Å²) in [6.07, 6.45) is 8.27. The van der Waals surface area contributed by atoms with Gasteiger partial charge in [0.15, 0.2) is 5.82 Å². The summed E-state index contributed by atoms with van der Waals surface area (Å²) in [5.41, 5.74) is 1.64. The van der Waals surface area contributed by atoms with E-state index in [0.717, 1.165) is 18.7 Å². The number of hydrogen-bond donors (Lipinski definition) is 1. The molecule has 0 bridgehead atoms. The van der Waals surface area contributed by atoms with Gasteiger partial charge in [-0.3, -0.25) is 4.79 Å². The van der Waals surface area contributed by atoms with Gasteiger partial charge >= 0.3 is 0 Å². The van der Waals surface area contributed by atoms with Crippen LogP contribution in [0, 0.1) is 11.6 Å². The van der Waals surface area contributed by atoms with E-state index in [4.69, 9.17) is 0 Å². The van der Waals surface area contributed by atoms with Gasteiger partial charge in [0.2, 0.25) is 0 Å². The highest BCUT2D eigenvalue weighted by molar-refractivity contribution is 7.90. The van der Waals surface area contributed by atoms with E-state index >= 15 is 0 Å². The molecule has 1 amide bonds. The fraction of sp³-hybridized carbons (Fsp3) is 0.160. The standard InChI is InChI=1S/C25H20F2N8O3S/c26-17-8-16(9-18(27)10-17)22-2-1-6-33(22)19-5-7-34-23(11-19)21(13-30-34)25(36)32-39(37,38)20-3-4-24(29-12-20)35-15-28-14-31-35/h3-5,7-15,22H,1-2,6H2,(H,32,36). The maximum absolute atomic E-state index is 13.9. The number of halogens is 2. The Kier molecular flexibility index (Phi) is 6.02. The van der Waals surface area contributed by atoms with E-state index in [1.54, 1.807) is 18.3 Å². The Labute approximate surface area is 220 Å². The molecule has 4 aromatic heterocycles. The SMILES string of the molecule is O=C(NS(=O)(=O)c1ccc(-n2cncn2)nc1)c1cnn2ccc(N3CCCC3c3cc(F)cc(F)c3)cc12. The lowest BCUT2D eigenvalue weighted by Crippen LogP contribution is -2.30. The van der Waals surface area contributed by atoms with E-state index < -0.39 is 27.6 Å². The second-order valence-corrected chi connectivity index (χ2v) is 10.6. The predicted octanol–water partition coefficient (Wildman–Crippen LogP) is 3.05. The van der Waals surface area contributed by atoms with E-state index in [1.165, 1.54) is 52.3 Å². The van der Waals surface area contributed by atoms with E-state index in [2.05, 4.69) is 24.9 Å². The maximum Gasteiger partial charge on any atom is 0.268 e. The summed E-state index contributed by atoms with van der Waals surface area (Å²) in [4.78, 5) is 22.7. The number of pyridine rings is 2. The number of benzene rings is 1. The highest BCUT2D eigenvalue weighted by atomic mass is 32.2. The number of fused-ring (bicyclic) bond motifs is 1. The molecule has 1 atom stereocenters. The molecular weight excluding hydrogens is 530 g/mol. The first-order chi connectivity index (χ1) is 18.8. The first-order valence-electron chi connectivity index (χ1n) is 11.9. The van der Waals surface area contributed by atoms with Crippen molar-refractivity contribution in [1.29, 1.82) is 0 Å². The average Bonchev–Trinajstić information content (AvgIpc) is 3.68. The van der Waals surface area contributed by atoms with Gasteiger partial charge in [-0.2, -0.15) is 10.2 Å². The van der Waals surface area contributed by atoms with Crippen LogP contribution in [0.5, 0.6) is 0 Å². The lowest BCUT2D eigenvalue weighted by Gasteiger charge is -2.27. The molecule has 1 unspecified atom stereocenters. The molecule has 14 heteroatoms. The van der Waals surface area contributed by atoms with Crippen LogP contribution in [0.1, 0.15) is 34.8 Å². The second-order valence-electron chi connectivity index (χ2n) is 8.95. The van der Waals surface area contributed by atoms with Crippen LogP contribution in [0.15, 0.2) is 78.6 Å². The van der Waals surface area contributed by atoms with E-state index in [-0.39, 0.29) is 16.5 Å². The van der Waals surface area contributed by atoms with Crippen molar-refractivity contribution in [1.82, 2.24) is 34.1 Å². The van der Waals surface area contributed by atoms with Gasteiger partial charge in [0.25, 0.3) is 15.9 Å². The summed E-state index contributed by atoms with van der Waals surface area (Å²) in [5.74, 6) is -1.81. The normalized spacial score (nSPS) is 15.6. The maximum atomic E-state index is 13.9. The molecule has 39 heavy (non-hydrogen) atoms. The van der Waals surface area contributed by atoms with Crippen LogP contribution in [-0.2, 0) is 10.0 Å². The number of aromatic nitrogens is 6. The molecule has 11 nitrogen and oxygen atoms in total. The molecule has 5 heterocycles. The summed E-state index contributed by atoms with van der Waals surface area (Å²) in [5, 5.41) is 8.10. The molecule has 0 saturated carbocycles. The summed E-state index contributed by atoms with van der Waals surface area (Å²) in [6, 6.07) is 9.45. The number of hydrogen-bond acceptors (Lipinski definition) is 8. The quantitative estimate of drug-likeness (QED) is 0.342. The third-order valence-corrected chi connectivity index (χ3v) is 7.83. The minimum absolute atomic E-state index is 0.0418. The first kappa shape index (κ1) is 24.6. The third-order valence-electron chi connectivity index (χ3n) is 6.52. The van der Waals surface area contributed by atoms with Gasteiger partial charge in [-0.1, -0.05) is 0 Å². The second kappa shape index (κ2) is 9.54. The van der Waals surface area contributed by atoms with Crippen LogP contribution in [-0.4, -0.2) is 50.2 Å². The molecule has 1 saturated heterocycles. The van der Waals surface area contributed by atoms with E-state index in [1.807, 2.05) is 4.90 Å². The number of carbonyl (C=O) groups excluding carboxylic acids is 1. The molecule has 0 spiro atoms. The summed E-state index contributed by atoms with van der Waals surface area (Å²) >= 11 is 0. The lowest BCUT2D eigenvalue weighted by molar-refractivity contribution is 0.0983. The van der Waals surface area contributed by atoms with Crippen LogP contribution < -0.4 is 9.62 Å². The Morgan fingerprint density at radius 3 is 2.56 bits per heavy atom. The van der Waals surface area contributed by atoms with Crippen molar-refractivity contribution < 1.29 is 22.0 Å². The van der Waals surface area contributed by atoms with Crippen LogP contribution in [0.25, 0.3) is 11.3 Å². The summed E-state index contributed by atoms with van der Waals surface area (Å²) in [6.45, 7) is 0.639. The van der Waals surface area contributed by atoms with E-state index in [0.29, 0.717) is 35.6 Å². The van der Waals surface area contributed by atoms with Crippen molar-refractivity contribution in [3.8, 4) is 5.82 Å². The van der Waals surface area contributed by atoms with Gasteiger partial charge in [0.05, 0.1) is 23.3 Å². The smallest absolute Gasteiger partial charge is 0.268 e. The number of anilines is 1. The first-order valence-corrected chi connectivity index (χ1v) is 13.3. The van der Waals surface area contributed by atoms with Crippen LogP contribution in [0.4, 0.5) is 14.5 Å². The Hall–Kier alpha value is -4.72. The van der Waals surface area contributed by atoms with Gasteiger partial charge < -0.3 is 4.90 Å². The molecule has 1 fully saturated rings. The highest BCUT2D eigenvalue weighted by Gasteiger charge is 2.28. The fourth-order valence-electron chi connectivity index (χ4n) is 4.74. The van der Waals surface area contributed by atoms with Crippen molar-refractivity contribution >= 4 is 27.1 Å². The van der Waals surface area contributed by atoms with E-state index in [9.17, 15) is 22.0 Å².